The molecule has 2 aromatic rings. The summed E-state index contributed by atoms with van der Waals surface area (Å²) in [7, 11) is -3.61. The average Bonchev–Trinajstić information content (AvgIpc) is 3.10. The molecule has 0 saturated carbocycles. The maximum Gasteiger partial charge on any atom is 0.223 e. The number of hydrogen-bond donors (Lipinski definition) is 0. The minimum absolute atomic E-state index is 0.0402. The second kappa shape index (κ2) is 9.32. The predicted octanol–water partition coefficient (Wildman–Crippen LogP) is 2.35. The molecule has 0 radical (unpaired) electrons. The van der Waals surface area contributed by atoms with Gasteiger partial charge in [0, 0.05) is 44.5 Å². The molecule has 0 spiro atoms. The highest BCUT2D eigenvalue weighted by Gasteiger charge is 2.30. The van der Waals surface area contributed by atoms with E-state index in [0.29, 0.717) is 37.8 Å². The third-order valence-electron chi connectivity index (χ3n) is 6.73. The minimum atomic E-state index is -3.61. The van der Waals surface area contributed by atoms with Gasteiger partial charge in [-0.15, -0.1) is 10.2 Å². The number of likely N-dealkylation sites (tertiary alicyclic amines) is 1. The Morgan fingerprint density at radius 3 is 2.76 bits per heavy atom. The lowest BCUT2D eigenvalue weighted by Gasteiger charge is -2.32. The van der Waals surface area contributed by atoms with E-state index in [1.165, 1.54) is 18.6 Å². The summed E-state index contributed by atoms with van der Waals surface area (Å²) in [5.41, 5.74) is 0. The number of rotatable bonds is 5. The number of nitrogens with zero attached hydrogens (tertiary/aromatic N) is 4. The van der Waals surface area contributed by atoms with Gasteiger partial charge in [-0.1, -0.05) is 6.42 Å². The van der Waals surface area contributed by atoms with Gasteiger partial charge in [0.1, 0.15) is 24.9 Å². The molecule has 10 heteroatoms. The van der Waals surface area contributed by atoms with Gasteiger partial charge in [-0.2, -0.15) is 0 Å². The SMILES string of the molecule is O=C(CCS(=O)(=O)c1ccc2c(c1)OCCO2)N1CCCC(c2nnc3n2CCCCC3)C1. The molecule has 1 aromatic carbocycles. The van der Waals surface area contributed by atoms with Gasteiger partial charge in [-0.3, -0.25) is 4.79 Å². The molecule has 9 nitrogen and oxygen atoms in total. The second-order valence-corrected chi connectivity index (χ2v) is 11.1. The molecular weight excluding hydrogens is 444 g/mol. The molecule has 178 valence electrons. The Balaban J connectivity index is 1.22. The number of carbonyl (C=O) groups is 1. The van der Waals surface area contributed by atoms with E-state index in [1.54, 1.807) is 11.0 Å². The summed E-state index contributed by atoms with van der Waals surface area (Å²) < 4.78 is 38.9. The van der Waals surface area contributed by atoms with Gasteiger partial charge in [0.05, 0.1) is 10.6 Å². The first-order chi connectivity index (χ1) is 16.0. The van der Waals surface area contributed by atoms with Crippen LogP contribution in [0.3, 0.4) is 0 Å². The lowest BCUT2D eigenvalue weighted by Crippen LogP contribution is -2.40. The van der Waals surface area contributed by atoms with E-state index in [2.05, 4.69) is 14.8 Å². The van der Waals surface area contributed by atoms with Crippen molar-refractivity contribution in [1.82, 2.24) is 19.7 Å². The zero-order valence-electron chi connectivity index (χ0n) is 18.7. The number of carbonyl (C=O) groups excluding carboxylic acids is 1. The molecule has 0 N–H and O–H groups in total. The van der Waals surface area contributed by atoms with Crippen molar-refractivity contribution >= 4 is 15.7 Å². The van der Waals surface area contributed by atoms with E-state index < -0.39 is 9.84 Å². The highest BCUT2D eigenvalue weighted by atomic mass is 32.2. The Hall–Kier alpha value is -2.62. The zero-order chi connectivity index (χ0) is 22.8. The van der Waals surface area contributed by atoms with Crippen LogP contribution in [0.25, 0.3) is 0 Å². The molecule has 33 heavy (non-hydrogen) atoms. The quantitative estimate of drug-likeness (QED) is 0.655. The Labute approximate surface area is 194 Å². The fourth-order valence-electron chi connectivity index (χ4n) is 4.94. The van der Waals surface area contributed by atoms with Crippen LogP contribution in [-0.2, 0) is 27.6 Å². The Bertz CT molecular complexity index is 1130. The molecule has 4 heterocycles. The topological polar surface area (TPSA) is 104 Å². The second-order valence-electron chi connectivity index (χ2n) is 8.99. The maximum absolute atomic E-state index is 12.9. The lowest BCUT2D eigenvalue weighted by molar-refractivity contribution is -0.132. The highest BCUT2D eigenvalue weighted by Crippen LogP contribution is 2.33. The molecule has 1 unspecified atom stereocenters. The van der Waals surface area contributed by atoms with Gasteiger partial charge in [-0.05, 0) is 37.8 Å². The number of sulfone groups is 1. The Morgan fingerprint density at radius 1 is 1.03 bits per heavy atom. The van der Waals surface area contributed by atoms with Gasteiger partial charge in [0.25, 0.3) is 0 Å². The monoisotopic (exact) mass is 474 g/mol. The summed E-state index contributed by atoms with van der Waals surface area (Å²) in [6.07, 6.45) is 6.25. The number of aromatic nitrogens is 3. The van der Waals surface area contributed by atoms with Gasteiger partial charge in [0.2, 0.25) is 5.91 Å². The third kappa shape index (κ3) is 4.71. The molecule has 1 amide bonds. The molecular formula is C23H30N4O5S. The molecule has 3 aliphatic rings. The molecule has 1 saturated heterocycles. The predicted molar refractivity (Wildman–Crippen MR) is 120 cm³/mol. The van der Waals surface area contributed by atoms with Crippen LogP contribution >= 0.6 is 0 Å². The smallest absolute Gasteiger partial charge is 0.223 e. The Kier molecular flexibility index (Phi) is 6.27. The first-order valence-corrected chi connectivity index (χ1v) is 13.5. The highest BCUT2D eigenvalue weighted by molar-refractivity contribution is 7.91. The van der Waals surface area contributed by atoms with Crippen LogP contribution in [0.5, 0.6) is 11.5 Å². The summed E-state index contributed by atoms with van der Waals surface area (Å²) >= 11 is 0. The van der Waals surface area contributed by atoms with E-state index in [4.69, 9.17) is 9.47 Å². The first kappa shape index (κ1) is 22.2. The van der Waals surface area contributed by atoms with E-state index in [1.807, 2.05) is 0 Å². The lowest BCUT2D eigenvalue weighted by atomic mass is 9.96. The van der Waals surface area contributed by atoms with E-state index in [-0.39, 0.29) is 28.9 Å². The van der Waals surface area contributed by atoms with Crippen molar-refractivity contribution in [1.29, 1.82) is 0 Å². The number of hydrogen-bond acceptors (Lipinski definition) is 7. The van der Waals surface area contributed by atoms with Crippen LogP contribution in [0.15, 0.2) is 23.1 Å². The van der Waals surface area contributed by atoms with Crippen LogP contribution in [0.2, 0.25) is 0 Å². The summed E-state index contributed by atoms with van der Waals surface area (Å²) in [6, 6.07) is 4.61. The maximum atomic E-state index is 12.9. The van der Waals surface area contributed by atoms with Crippen molar-refractivity contribution in [2.45, 2.75) is 62.3 Å². The number of amides is 1. The Morgan fingerprint density at radius 2 is 1.88 bits per heavy atom. The summed E-state index contributed by atoms with van der Waals surface area (Å²) in [4.78, 5) is 14.9. The van der Waals surface area contributed by atoms with Gasteiger partial charge in [0.15, 0.2) is 21.3 Å². The van der Waals surface area contributed by atoms with Gasteiger partial charge >= 0.3 is 0 Å². The third-order valence-corrected chi connectivity index (χ3v) is 8.45. The fraction of sp³-hybridized carbons (Fsp3) is 0.609. The summed E-state index contributed by atoms with van der Waals surface area (Å²) in [5, 5.41) is 8.88. The van der Waals surface area contributed by atoms with Crippen LogP contribution < -0.4 is 9.47 Å². The first-order valence-electron chi connectivity index (χ1n) is 11.8. The van der Waals surface area contributed by atoms with Crippen molar-refractivity contribution in [2.24, 2.45) is 0 Å². The molecule has 1 fully saturated rings. The van der Waals surface area contributed by atoms with Crippen LogP contribution in [0.4, 0.5) is 0 Å². The zero-order valence-corrected chi connectivity index (χ0v) is 19.6. The van der Waals surface area contributed by atoms with E-state index >= 15 is 0 Å². The fourth-order valence-corrected chi connectivity index (χ4v) is 6.18. The molecule has 1 atom stereocenters. The van der Waals surface area contributed by atoms with Crippen molar-refractivity contribution < 1.29 is 22.7 Å². The number of fused-ring (bicyclic) bond motifs is 2. The van der Waals surface area contributed by atoms with Crippen LogP contribution in [0, 0.1) is 0 Å². The molecule has 1 aromatic heterocycles. The largest absolute Gasteiger partial charge is 0.486 e. The van der Waals surface area contributed by atoms with Crippen LogP contribution in [-0.4, -0.2) is 66.0 Å². The van der Waals surface area contributed by atoms with Crippen LogP contribution in [0.1, 0.15) is 56.1 Å². The van der Waals surface area contributed by atoms with E-state index in [9.17, 15) is 13.2 Å². The van der Waals surface area contributed by atoms with Crippen molar-refractivity contribution in [3.8, 4) is 11.5 Å². The van der Waals surface area contributed by atoms with Crippen molar-refractivity contribution in [3.05, 3.63) is 29.8 Å². The summed E-state index contributed by atoms with van der Waals surface area (Å²) in [5.74, 6) is 2.80. The number of aryl methyl sites for hydroxylation is 1. The van der Waals surface area contributed by atoms with Crippen molar-refractivity contribution in [2.75, 3.05) is 32.1 Å². The number of benzene rings is 1. The van der Waals surface area contributed by atoms with Gasteiger partial charge < -0.3 is 18.9 Å². The number of piperidine rings is 1. The summed E-state index contributed by atoms with van der Waals surface area (Å²) in [6.45, 7) is 3.00. The minimum Gasteiger partial charge on any atom is -0.486 e. The molecule has 0 bridgehead atoms. The van der Waals surface area contributed by atoms with Gasteiger partial charge in [-0.25, -0.2) is 8.42 Å². The standard InChI is InChI=1S/C23H30N4O5S/c28-22(9-14-33(29,30)18-7-8-19-20(15-18)32-13-12-31-19)26-10-4-5-17(16-26)23-25-24-21-6-2-1-3-11-27(21)23/h7-8,15,17H,1-6,9-14,16H2. The average molecular weight is 475 g/mol. The van der Waals surface area contributed by atoms with Crippen molar-refractivity contribution in [3.63, 3.8) is 0 Å². The molecule has 5 rings (SSSR count). The number of ether oxygens (including phenoxy) is 2. The molecule has 3 aliphatic heterocycles. The molecule has 0 aliphatic carbocycles. The van der Waals surface area contributed by atoms with E-state index in [0.717, 1.165) is 50.3 Å². The normalized spacial score (nSPS) is 20.7.